The lowest BCUT2D eigenvalue weighted by Gasteiger charge is -2.30. The van der Waals surface area contributed by atoms with Gasteiger partial charge in [0.2, 0.25) is 0 Å². The summed E-state index contributed by atoms with van der Waals surface area (Å²) in [4.78, 5) is 0. The first-order valence-corrected chi connectivity index (χ1v) is 14.2. The van der Waals surface area contributed by atoms with E-state index < -0.39 is 17.8 Å². The van der Waals surface area contributed by atoms with Gasteiger partial charge in [-0.25, -0.2) is 0 Å². The largest absolute Gasteiger partial charge is 0.468 e. The maximum Gasteiger partial charge on any atom is 0.468 e. The summed E-state index contributed by atoms with van der Waals surface area (Å²) < 4.78 is 17.6. The third kappa shape index (κ3) is 10.2. The summed E-state index contributed by atoms with van der Waals surface area (Å²) in [7, 11) is -1.78. The zero-order valence-electron chi connectivity index (χ0n) is 13.7. The molecule has 0 bridgehead atoms. The molecular formula is C12H34O3Si4. The smallest absolute Gasteiger partial charge is 0.425 e. The Labute approximate surface area is 129 Å². The molecule has 0 saturated carbocycles. The predicted molar refractivity (Wildman–Crippen MR) is 95.2 cm³/mol. The van der Waals surface area contributed by atoms with E-state index in [1.54, 1.807) is 0 Å². The zero-order valence-corrected chi connectivity index (χ0v) is 19.8. The van der Waals surface area contributed by atoms with Crippen LogP contribution < -0.4 is 0 Å². The van der Waals surface area contributed by atoms with Crippen molar-refractivity contribution in [3.8, 4) is 0 Å². The SMILES string of the molecule is CCCCCCCCCC[Si](O[SiH3])(O[SiH3])O[SiH](C)C. The lowest BCUT2D eigenvalue weighted by Crippen LogP contribution is -2.47. The fourth-order valence-electron chi connectivity index (χ4n) is 2.28. The second kappa shape index (κ2) is 12.5. The standard InChI is InChI=1S/C12H34O3Si4/c1-4-5-6-7-8-9-10-11-12-19(13-16,14-17)15-18(2)3/h18H,4-12H2,1-3,16-17H3. The average molecular weight is 339 g/mol. The van der Waals surface area contributed by atoms with E-state index in [0.717, 1.165) is 27.0 Å². The third-order valence-electron chi connectivity index (χ3n) is 3.37. The predicted octanol–water partition coefficient (Wildman–Crippen LogP) is 1.66. The highest BCUT2D eigenvalue weighted by molar-refractivity contribution is 6.73. The second-order valence-corrected chi connectivity index (χ2v) is 13.7. The fraction of sp³-hybridized carbons (Fsp3) is 1.00. The van der Waals surface area contributed by atoms with Crippen LogP contribution in [0.25, 0.3) is 0 Å². The summed E-state index contributed by atoms with van der Waals surface area (Å²) in [5, 5.41) is 0. The Bertz CT molecular complexity index is 201. The first kappa shape index (κ1) is 19.7. The van der Waals surface area contributed by atoms with Crippen LogP contribution in [0.4, 0.5) is 0 Å². The Morgan fingerprint density at radius 1 is 0.842 bits per heavy atom. The van der Waals surface area contributed by atoms with E-state index in [1.807, 2.05) is 0 Å². The van der Waals surface area contributed by atoms with E-state index in [4.69, 9.17) is 12.3 Å². The number of hydrogen-bond acceptors (Lipinski definition) is 3. The molecular weight excluding hydrogens is 304 g/mol. The summed E-state index contributed by atoms with van der Waals surface area (Å²) in [6.45, 7) is 6.68. The molecule has 116 valence electrons. The average Bonchev–Trinajstić information content (AvgIpc) is 2.40. The minimum Gasteiger partial charge on any atom is -0.425 e. The summed E-state index contributed by atoms with van der Waals surface area (Å²) in [5.74, 6) is 0. The van der Waals surface area contributed by atoms with E-state index >= 15 is 0 Å². The van der Waals surface area contributed by atoms with Crippen LogP contribution in [0, 0.1) is 0 Å². The molecule has 0 atom stereocenters. The molecule has 3 nitrogen and oxygen atoms in total. The van der Waals surface area contributed by atoms with Crippen LogP contribution in [-0.4, -0.2) is 38.8 Å². The van der Waals surface area contributed by atoms with Gasteiger partial charge in [-0.15, -0.1) is 0 Å². The third-order valence-corrected chi connectivity index (χ3v) is 12.6. The molecule has 0 unspecified atom stereocenters. The van der Waals surface area contributed by atoms with Gasteiger partial charge in [0, 0.05) is 6.04 Å². The van der Waals surface area contributed by atoms with E-state index in [-0.39, 0.29) is 0 Å². The van der Waals surface area contributed by atoms with Crippen molar-refractivity contribution < 1.29 is 12.3 Å². The van der Waals surface area contributed by atoms with Crippen LogP contribution in [-0.2, 0) is 12.3 Å². The maximum atomic E-state index is 6.10. The van der Waals surface area contributed by atoms with Crippen LogP contribution >= 0.6 is 0 Å². The van der Waals surface area contributed by atoms with Crippen LogP contribution in [0.3, 0.4) is 0 Å². The van der Waals surface area contributed by atoms with E-state index in [0.29, 0.717) is 0 Å². The molecule has 19 heavy (non-hydrogen) atoms. The molecule has 0 aromatic rings. The van der Waals surface area contributed by atoms with Crippen molar-refractivity contribution in [1.29, 1.82) is 0 Å². The first-order valence-electron chi connectivity index (χ1n) is 7.88. The van der Waals surface area contributed by atoms with Gasteiger partial charge >= 0.3 is 8.80 Å². The quantitative estimate of drug-likeness (QED) is 0.377. The molecule has 0 radical (unpaired) electrons. The summed E-state index contributed by atoms with van der Waals surface area (Å²) >= 11 is 0. The van der Waals surface area contributed by atoms with Crippen LogP contribution in [0.15, 0.2) is 0 Å². The lowest BCUT2D eigenvalue weighted by atomic mass is 10.1. The highest BCUT2D eigenvalue weighted by Gasteiger charge is 2.37. The summed E-state index contributed by atoms with van der Waals surface area (Å²) in [5.41, 5.74) is 0. The number of hydrogen-bond donors (Lipinski definition) is 0. The molecule has 0 amide bonds. The molecule has 0 saturated heterocycles. The Hall–Kier alpha value is 0.748. The van der Waals surface area contributed by atoms with Gasteiger partial charge in [-0.3, -0.25) is 0 Å². The minimum atomic E-state index is -2.20. The number of unbranched alkanes of at least 4 members (excludes halogenated alkanes) is 7. The van der Waals surface area contributed by atoms with Crippen molar-refractivity contribution in [2.45, 2.75) is 77.4 Å². The molecule has 0 aromatic carbocycles. The fourth-order valence-corrected chi connectivity index (χ4v) is 12.6. The monoisotopic (exact) mass is 338 g/mol. The van der Waals surface area contributed by atoms with Gasteiger partial charge in [-0.1, -0.05) is 51.9 Å². The molecule has 0 aliphatic carbocycles. The first-order chi connectivity index (χ1) is 9.10. The van der Waals surface area contributed by atoms with E-state index in [1.165, 1.54) is 51.4 Å². The molecule has 0 spiro atoms. The molecule has 7 heteroatoms. The molecule has 0 N–H and O–H groups in total. The summed E-state index contributed by atoms with van der Waals surface area (Å²) in [6, 6.07) is 1.04. The molecule has 0 aromatic heterocycles. The highest BCUT2D eigenvalue weighted by Crippen LogP contribution is 2.19. The molecule has 0 heterocycles. The molecule has 0 aliphatic rings. The van der Waals surface area contributed by atoms with Crippen LogP contribution in [0.2, 0.25) is 19.1 Å². The van der Waals surface area contributed by atoms with Crippen molar-refractivity contribution >= 4 is 38.8 Å². The van der Waals surface area contributed by atoms with Gasteiger partial charge in [0.1, 0.15) is 21.0 Å². The Balaban J connectivity index is 3.70. The van der Waals surface area contributed by atoms with Crippen molar-refractivity contribution in [3.05, 3.63) is 0 Å². The molecule has 0 fully saturated rings. The van der Waals surface area contributed by atoms with Gasteiger partial charge in [0.15, 0.2) is 9.04 Å². The molecule has 0 rings (SSSR count). The molecule has 0 aliphatic heterocycles. The van der Waals surface area contributed by atoms with Crippen molar-refractivity contribution in [2.75, 3.05) is 0 Å². The zero-order chi connectivity index (χ0) is 14.6. The maximum absolute atomic E-state index is 6.10. The van der Waals surface area contributed by atoms with Gasteiger partial charge in [0.25, 0.3) is 0 Å². The van der Waals surface area contributed by atoms with Crippen molar-refractivity contribution in [2.24, 2.45) is 0 Å². The van der Waals surface area contributed by atoms with Crippen molar-refractivity contribution in [3.63, 3.8) is 0 Å². The van der Waals surface area contributed by atoms with Gasteiger partial charge < -0.3 is 12.3 Å². The van der Waals surface area contributed by atoms with Crippen LogP contribution in [0.5, 0.6) is 0 Å². The summed E-state index contributed by atoms with van der Waals surface area (Å²) in [6.07, 6.45) is 10.8. The van der Waals surface area contributed by atoms with Gasteiger partial charge in [-0.05, 0) is 19.5 Å². The lowest BCUT2D eigenvalue weighted by molar-refractivity contribution is 0.282. The Morgan fingerprint density at radius 2 is 1.32 bits per heavy atom. The van der Waals surface area contributed by atoms with Crippen LogP contribution in [0.1, 0.15) is 58.3 Å². The van der Waals surface area contributed by atoms with Gasteiger partial charge in [0.05, 0.1) is 0 Å². The van der Waals surface area contributed by atoms with E-state index in [9.17, 15) is 0 Å². The van der Waals surface area contributed by atoms with Crippen molar-refractivity contribution in [1.82, 2.24) is 0 Å². The normalized spacial score (nSPS) is 15.2. The minimum absolute atomic E-state index is 0.738. The van der Waals surface area contributed by atoms with E-state index in [2.05, 4.69) is 20.0 Å². The topological polar surface area (TPSA) is 27.7 Å². The number of rotatable bonds is 13. The Kier molecular flexibility index (Phi) is 13.0. The van der Waals surface area contributed by atoms with Gasteiger partial charge in [-0.2, -0.15) is 0 Å². The second-order valence-electron chi connectivity index (χ2n) is 5.48. The Morgan fingerprint density at radius 3 is 1.74 bits per heavy atom. The highest BCUT2D eigenvalue weighted by atomic mass is 28.5.